The molecule has 0 bridgehead atoms. The fraction of sp³-hybridized carbons (Fsp3) is 0.250. The normalized spacial score (nSPS) is 11.8. The van der Waals surface area contributed by atoms with Crippen molar-refractivity contribution >= 4 is 39.6 Å². The van der Waals surface area contributed by atoms with Gasteiger partial charge in [0.25, 0.3) is 5.91 Å². The number of hydrogen-bond acceptors (Lipinski definition) is 5. The van der Waals surface area contributed by atoms with Crippen molar-refractivity contribution in [1.29, 1.82) is 0 Å². The van der Waals surface area contributed by atoms with E-state index in [0.717, 1.165) is 17.7 Å². The van der Waals surface area contributed by atoms with Gasteiger partial charge in [0.2, 0.25) is 5.91 Å². The van der Waals surface area contributed by atoms with E-state index in [1.54, 1.807) is 12.1 Å². The van der Waals surface area contributed by atoms with Gasteiger partial charge in [-0.05, 0) is 29.3 Å². The molecule has 7 heteroatoms. The summed E-state index contributed by atoms with van der Waals surface area (Å²) in [6.07, 6.45) is 1.11. The highest BCUT2D eigenvalue weighted by Gasteiger charge is 2.11. The number of carbonyl (C=O) groups is 2. The van der Waals surface area contributed by atoms with E-state index in [1.165, 1.54) is 28.2 Å². The maximum atomic E-state index is 12.0. The lowest BCUT2D eigenvalue weighted by molar-refractivity contribution is -0.115. The molecule has 27 heavy (non-hydrogen) atoms. The van der Waals surface area contributed by atoms with Crippen molar-refractivity contribution < 1.29 is 9.59 Å². The second-order valence-corrected chi connectivity index (χ2v) is 7.98. The first-order valence-corrected chi connectivity index (χ1v) is 10.5. The maximum absolute atomic E-state index is 12.0. The zero-order chi connectivity index (χ0) is 19.2. The zero-order valence-corrected chi connectivity index (χ0v) is 16.8. The van der Waals surface area contributed by atoms with Gasteiger partial charge in [0.05, 0.1) is 17.1 Å². The predicted molar refractivity (Wildman–Crippen MR) is 112 cm³/mol. The van der Waals surface area contributed by atoms with Crippen LogP contribution >= 0.6 is 22.7 Å². The van der Waals surface area contributed by atoms with Crippen LogP contribution < -0.4 is 10.6 Å². The van der Waals surface area contributed by atoms with Crippen molar-refractivity contribution in [3.8, 4) is 11.3 Å². The van der Waals surface area contributed by atoms with Crippen LogP contribution in [0.1, 0.15) is 41.4 Å². The summed E-state index contributed by atoms with van der Waals surface area (Å²) in [4.78, 5) is 28.9. The van der Waals surface area contributed by atoms with Crippen LogP contribution in [0.15, 0.2) is 47.2 Å². The Morgan fingerprint density at radius 1 is 1.15 bits per heavy atom. The van der Waals surface area contributed by atoms with Crippen LogP contribution in [0.5, 0.6) is 0 Å². The highest BCUT2D eigenvalue weighted by Crippen LogP contribution is 2.27. The Kier molecular flexibility index (Phi) is 6.36. The molecule has 0 aliphatic carbocycles. The third-order valence-electron chi connectivity index (χ3n) is 4.29. The summed E-state index contributed by atoms with van der Waals surface area (Å²) in [6, 6.07) is 11.9. The predicted octanol–water partition coefficient (Wildman–Crippen LogP) is 4.75. The van der Waals surface area contributed by atoms with E-state index in [0.29, 0.717) is 15.9 Å². The summed E-state index contributed by atoms with van der Waals surface area (Å²) in [5.74, 6) is -0.0111. The molecule has 0 saturated carbocycles. The van der Waals surface area contributed by atoms with Crippen LogP contribution in [0.25, 0.3) is 11.3 Å². The van der Waals surface area contributed by atoms with E-state index >= 15 is 0 Å². The number of thiazole rings is 1. The number of aromatic nitrogens is 1. The van der Waals surface area contributed by atoms with Crippen LogP contribution in [0.4, 0.5) is 5.13 Å². The van der Waals surface area contributed by atoms with E-state index in [4.69, 9.17) is 0 Å². The lowest BCUT2D eigenvalue weighted by atomic mass is 9.97. The van der Waals surface area contributed by atoms with E-state index in [-0.39, 0.29) is 18.4 Å². The average molecular weight is 400 g/mol. The largest absolute Gasteiger partial charge is 0.342 e. The number of carbonyl (C=O) groups excluding carboxylic acids is 2. The third kappa shape index (κ3) is 5.02. The van der Waals surface area contributed by atoms with Gasteiger partial charge in [-0.1, -0.05) is 44.2 Å². The Hall–Kier alpha value is -2.51. The molecule has 2 amide bonds. The van der Waals surface area contributed by atoms with Gasteiger partial charge in [0.15, 0.2) is 5.13 Å². The standard InChI is InChI=1S/C20H21N3O2S2/c1-3-13(2)14-6-8-15(9-7-14)16-12-27-20(22-16)23-18(24)11-21-19(25)17-5-4-10-26-17/h4-10,12-13H,3,11H2,1-2H3,(H,21,25)(H,22,23,24)/t13-/m1/s1. The Bertz CT molecular complexity index is 902. The molecule has 0 aliphatic rings. The van der Waals surface area contributed by atoms with Gasteiger partial charge in [-0.25, -0.2) is 4.98 Å². The smallest absolute Gasteiger partial charge is 0.261 e. The molecule has 0 unspecified atom stereocenters. The first kappa shape index (κ1) is 19.3. The fourth-order valence-corrected chi connectivity index (χ4v) is 3.88. The van der Waals surface area contributed by atoms with E-state index in [9.17, 15) is 9.59 Å². The molecule has 2 N–H and O–H groups in total. The van der Waals surface area contributed by atoms with Crippen molar-refractivity contribution in [3.05, 3.63) is 57.6 Å². The molecule has 0 fully saturated rings. The maximum Gasteiger partial charge on any atom is 0.261 e. The number of benzene rings is 1. The summed E-state index contributed by atoms with van der Waals surface area (Å²) < 4.78 is 0. The minimum Gasteiger partial charge on any atom is -0.342 e. The fourth-order valence-electron chi connectivity index (χ4n) is 2.50. The summed E-state index contributed by atoms with van der Waals surface area (Å²) in [7, 11) is 0. The van der Waals surface area contributed by atoms with Crippen LogP contribution in [0.2, 0.25) is 0 Å². The zero-order valence-electron chi connectivity index (χ0n) is 15.2. The Balaban J connectivity index is 1.55. The highest BCUT2D eigenvalue weighted by molar-refractivity contribution is 7.14. The minimum absolute atomic E-state index is 0.0880. The van der Waals surface area contributed by atoms with Crippen molar-refractivity contribution in [1.82, 2.24) is 10.3 Å². The van der Waals surface area contributed by atoms with Gasteiger partial charge in [0, 0.05) is 10.9 Å². The number of thiophene rings is 1. The lowest BCUT2D eigenvalue weighted by Gasteiger charge is -2.08. The molecule has 3 rings (SSSR count). The molecular formula is C20H21N3O2S2. The van der Waals surface area contributed by atoms with Crippen LogP contribution in [-0.2, 0) is 4.79 Å². The van der Waals surface area contributed by atoms with Gasteiger partial charge in [-0.3, -0.25) is 9.59 Å². The van der Waals surface area contributed by atoms with Crippen LogP contribution in [0.3, 0.4) is 0 Å². The molecule has 2 aromatic heterocycles. The molecule has 0 saturated heterocycles. The Morgan fingerprint density at radius 3 is 2.59 bits per heavy atom. The number of amides is 2. The van der Waals surface area contributed by atoms with Crippen molar-refractivity contribution in [2.75, 3.05) is 11.9 Å². The van der Waals surface area contributed by atoms with Gasteiger partial charge in [-0.15, -0.1) is 22.7 Å². The molecule has 140 valence electrons. The number of hydrogen-bond donors (Lipinski definition) is 2. The van der Waals surface area contributed by atoms with Gasteiger partial charge < -0.3 is 10.6 Å². The topological polar surface area (TPSA) is 71.1 Å². The number of anilines is 1. The Morgan fingerprint density at radius 2 is 1.93 bits per heavy atom. The van der Waals surface area contributed by atoms with E-state index in [2.05, 4.69) is 53.7 Å². The monoisotopic (exact) mass is 399 g/mol. The lowest BCUT2D eigenvalue weighted by Crippen LogP contribution is -2.32. The van der Waals surface area contributed by atoms with Crippen molar-refractivity contribution in [3.63, 3.8) is 0 Å². The Labute approximate surface area is 166 Å². The number of nitrogens with one attached hydrogen (secondary N) is 2. The van der Waals surface area contributed by atoms with Crippen molar-refractivity contribution in [2.24, 2.45) is 0 Å². The number of nitrogens with zero attached hydrogens (tertiary/aromatic N) is 1. The molecule has 5 nitrogen and oxygen atoms in total. The second-order valence-electron chi connectivity index (χ2n) is 6.18. The van der Waals surface area contributed by atoms with E-state index in [1.807, 2.05) is 10.8 Å². The molecule has 3 aromatic rings. The first-order chi connectivity index (χ1) is 13.1. The quantitative estimate of drug-likeness (QED) is 0.602. The number of rotatable bonds is 7. The SMILES string of the molecule is CC[C@@H](C)c1ccc(-c2csc(NC(=O)CNC(=O)c3cccs3)n2)cc1. The summed E-state index contributed by atoms with van der Waals surface area (Å²) in [5.41, 5.74) is 3.16. The second kappa shape index (κ2) is 8.92. The highest BCUT2D eigenvalue weighted by atomic mass is 32.1. The van der Waals surface area contributed by atoms with Crippen molar-refractivity contribution in [2.45, 2.75) is 26.2 Å². The molecule has 1 atom stereocenters. The van der Waals surface area contributed by atoms with Gasteiger partial charge in [-0.2, -0.15) is 0 Å². The molecule has 0 spiro atoms. The van der Waals surface area contributed by atoms with Crippen LogP contribution in [-0.4, -0.2) is 23.3 Å². The van der Waals surface area contributed by atoms with Gasteiger partial charge >= 0.3 is 0 Å². The third-order valence-corrected chi connectivity index (χ3v) is 5.92. The summed E-state index contributed by atoms with van der Waals surface area (Å²) >= 11 is 2.70. The molecule has 0 radical (unpaired) electrons. The average Bonchev–Trinajstić information content (AvgIpc) is 3.38. The molecular weight excluding hydrogens is 378 g/mol. The molecule has 2 heterocycles. The summed E-state index contributed by atoms with van der Waals surface area (Å²) in [6.45, 7) is 4.30. The van der Waals surface area contributed by atoms with E-state index < -0.39 is 0 Å². The first-order valence-electron chi connectivity index (χ1n) is 8.74. The molecule has 0 aliphatic heterocycles. The van der Waals surface area contributed by atoms with Gasteiger partial charge in [0.1, 0.15) is 0 Å². The minimum atomic E-state index is -0.298. The molecule has 1 aromatic carbocycles. The summed E-state index contributed by atoms with van der Waals surface area (Å²) in [5, 5.41) is 9.59. The van der Waals surface area contributed by atoms with Crippen LogP contribution in [0, 0.1) is 0 Å².